The van der Waals surface area contributed by atoms with Crippen molar-refractivity contribution in [1.82, 2.24) is 23.9 Å². The van der Waals surface area contributed by atoms with Gasteiger partial charge in [-0.3, -0.25) is 14.4 Å². The molecular weight excluding hydrogens is 438 g/mol. The normalized spacial score (nSPS) is 14.1. The van der Waals surface area contributed by atoms with Crippen molar-refractivity contribution >= 4 is 22.8 Å². The number of nitrogens with zero attached hydrogens (tertiary/aromatic N) is 4. The highest BCUT2D eigenvalue weighted by molar-refractivity contribution is 6.05. The number of carbonyl (C=O) groups is 2. The first-order valence-electron chi connectivity index (χ1n) is 10.9. The van der Waals surface area contributed by atoms with Gasteiger partial charge in [-0.1, -0.05) is 17.7 Å². The molecule has 0 saturated carbocycles. The van der Waals surface area contributed by atoms with Crippen LogP contribution in [0.2, 0.25) is 0 Å². The zero-order valence-corrected chi connectivity index (χ0v) is 18.8. The molecule has 0 aliphatic carbocycles. The van der Waals surface area contributed by atoms with Crippen LogP contribution in [0.25, 0.3) is 16.7 Å². The summed E-state index contributed by atoms with van der Waals surface area (Å²) in [5.41, 5.74) is 1.02. The second-order valence-electron chi connectivity index (χ2n) is 8.35. The van der Waals surface area contributed by atoms with Gasteiger partial charge in [-0.15, -0.1) is 0 Å². The number of rotatable bonds is 3. The molecule has 1 saturated heterocycles. The van der Waals surface area contributed by atoms with Gasteiger partial charge in [0.2, 0.25) is 0 Å². The van der Waals surface area contributed by atoms with Crippen molar-refractivity contribution in [1.29, 1.82) is 0 Å². The van der Waals surface area contributed by atoms with Crippen LogP contribution in [0.3, 0.4) is 0 Å². The molecule has 0 spiro atoms. The molecule has 34 heavy (non-hydrogen) atoms. The summed E-state index contributed by atoms with van der Waals surface area (Å²) in [6.45, 7) is 3.28. The van der Waals surface area contributed by atoms with Crippen molar-refractivity contribution in [2.24, 2.45) is 7.05 Å². The van der Waals surface area contributed by atoms with Crippen molar-refractivity contribution in [3.05, 3.63) is 86.6 Å². The average Bonchev–Trinajstić information content (AvgIpc) is 3.48. The number of aromatic nitrogens is 3. The molecule has 0 atom stereocenters. The maximum atomic E-state index is 13.3. The average molecular weight is 461 g/mol. The van der Waals surface area contributed by atoms with Crippen LogP contribution in [0, 0.1) is 6.92 Å². The Balaban J connectivity index is 1.44. The summed E-state index contributed by atoms with van der Waals surface area (Å²) in [6.07, 6.45) is 3.01. The van der Waals surface area contributed by atoms with Crippen molar-refractivity contribution < 1.29 is 14.0 Å². The molecule has 0 radical (unpaired) electrons. The lowest BCUT2D eigenvalue weighted by molar-refractivity contribution is 0.0519. The smallest absolute Gasteiger partial charge is 0.333 e. The third-order valence-corrected chi connectivity index (χ3v) is 6.13. The van der Waals surface area contributed by atoms with Crippen LogP contribution in [0.4, 0.5) is 0 Å². The number of piperazine rings is 1. The molecule has 4 aromatic rings. The Morgan fingerprint density at radius 2 is 1.59 bits per heavy atom. The van der Waals surface area contributed by atoms with Crippen LogP contribution >= 0.6 is 0 Å². The molecule has 1 fully saturated rings. The topological polar surface area (TPSA) is 114 Å². The number of furan rings is 1. The van der Waals surface area contributed by atoms with Gasteiger partial charge >= 0.3 is 5.69 Å². The monoisotopic (exact) mass is 461 g/mol. The van der Waals surface area contributed by atoms with E-state index in [1.807, 2.05) is 19.1 Å². The third-order valence-electron chi connectivity index (χ3n) is 6.13. The highest BCUT2D eigenvalue weighted by Gasteiger charge is 2.29. The molecule has 0 bridgehead atoms. The number of hydrogen-bond donors (Lipinski definition) is 1. The van der Waals surface area contributed by atoms with Crippen LogP contribution in [0.1, 0.15) is 26.5 Å². The van der Waals surface area contributed by atoms with Crippen LogP contribution in [0.5, 0.6) is 0 Å². The number of fused-ring (bicyclic) bond motifs is 1. The van der Waals surface area contributed by atoms with Gasteiger partial charge < -0.3 is 23.8 Å². The van der Waals surface area contributed by atoms with Gasteiger partial charge in [-0.05, 0) is 31.2 Å². The highest BCUT2D eigenvalue weighted by Crippen LogP contribution is 2.19. The number of carbonyl (C=O) groups excluding carboxylic acids is 2. The van der Waals surface area contributed by atoms with Crippen molar-refractivity contribution in [2.45, 2.75) is 6.92 Å². The Labute approximate surface area is 193 Å². The first-order chi connectivity index (χ1) is 16.3. The number of aromatic amines is 1. The van der Waals surface area contributed by atoms with Crippen molar-refractivity contribution in [3.63, 3.8) is 0 Å². The standard InChI is InChI=1S/C24H23N5O5/c1-15-5-7-16(8-6-15)29-23(32)20-19(25-24(29)33)17(14-26(20)2)21(30)27-9-11-28(12-10-27)22(31)18-4-3-13-34-18/h3-8,13-14H,9-12H2,1-2H3,(H,25,33). The van der Waals surface area contributed by atoms with E-state index in [9.17, 15) is 19.2 Å². The van der Waals surface area contributed by atoms with Crippen LogP contribution in [-0.4, -0.2) is 61.9 Å². The van der Waals surface area contributed by atoms with E-state index in [-0.39, 0.29) is 34.2 Å². The van der Waals surface area contributed by atoms with Gasteiger partial charge in [0.05, 0.1) is 23.0 Å². The highest BCUT2D eigenvalue weighted by atomic mass is 16.3. The van der Waals surface area contributed by atoms with E-state index in [0.717, 1.165) is 10.1 Å². The molecule has 10 nitrogen and oxygen atoms in total. The molecule has 10 heteroatoms. The van der Waals surface area contributed by atoms with E-state index in [2.05, 4.69) is 4.98 Å². The largest absolute Gasteiger partial charge is 0.459 e. The fourth-order valence-corrected chi connectivity index (χ4v) is 4.30. The lowest BCUT2D eigenvalue weighted by Gasteiger charge is -2.34. The first-order valence-corrected chi connectivity index (χ1v) is 10.9. The number of nitrogens with one attached hydrogen (secondary N) is 1. The molecule has 174 valence electrons. The second-order valence-corrected chi connectivity index (χ2v) is 8.35. The Morgan fingerprint density at radius 1 is 0.941 bits per heavy atom. The minimum atomic E-state index is -0.615. The predicted octanol–water partition coefficient (Wildman–Crippen LogP) is 1.52. The van der Waals surface area contributed by atoms with Gasteiger partial charge in [-0.25, -0.2) is 9.36 Å². The van der Waals surface area contributed by atoms with E-state index < -0.39 is 11.2 Å². The maximum absolute atomic E-state index is 13.3. The Hall–Kier alpha value is -4.34. The molecule has 0 unspecified atom stereocenters. The molecule has 1 aliphatic heterocycles. The summed E-state index contributed by atoms with van der Waals surface area (Å²) in [7, 11) is 1.66. The molecule has 5 rings (SSSR count). The lowest BCUT2D eigenvalue weighted by atomic mass is 10.2. The molecule has 4 heterocycles. The number of hydrogen-bond acceptors (Lipinski definition) is 5. The first kappa shape index (κ1) is 21.5. The van der Waals surface area contributed by atoms with Crippen LogP contribution in [0.15, 0.2) is 62.9 Å². The SMILES string of the molecule is Cc1ccc(-n2c(=O)[nH]c3c(C(=O)N4CCN(C(=O)c5ccco5)CC4)cn(C)c3c2=O)cc1. The molecule has 1 aromatic carbocycles. The van der Waals surface area contributed by atoms with Gasteiger partial charge in [-0.2, -0.15) is 0 Å². The zero-order chi connectivity index (χ0) is 24.0. The summed E-state index contributed by atoms with van der Waals surface area (Å²) < 4.78 is 7.80. The summed E-state index contributed by atoms with van der Waals surface area (Å²) in [5, 5.41) is 0. The number of amides is 2. The van der Waals surface area contributed by atoms with Gasteiger partial charge in [0.1, 0.15) is 5.52 Å². The Bertz CT molecular complexity index is 1500. The number of aryl methyl sites for hydroxylation is 2. The molecule has 1 N–H and O–H groups in total. The van der Waals surface area contributed by atoms with E-state index in [4.69, 9.17) is 4.42 Å². The summed E-state index contributed by atoms with van der Waals surface area (Å²) >= 11 is 0. The lowest BCUT2D eigenvalue weighted by Crippen LogP contribution is -2.50. The second kappa shape index (κ2) is 8.22. The third kappa shape index (κ3) is 3.53. The summed E-state index contributed by atoms with van der Waals surface area (Å²) in [5.74, 6) is -0.265. The van der Waals surface area contributed by atoms with Gasteiger partial charge in [0.15, 0.2) is 5.76 Å². The van der Waals surface area contributed by atoms with Crippen LogP contribution in [-0.2, 0) is 7.05 Å². The summed E-state index contributed by atoms with van der Waals surface area (Å²) in [4.78, 5) is 57.9. The molecule has 2 amide bonds. The number of benzene rings is 1. The number of H-pyrrole nitrogens is 1. The fourth-order valence-electron chi connectivity index (χ4n) is 4.30. The van der Waals surface area contributed by atoms with E-state index in [0.29, 0.717) is 31.9 Å². The Morgan fingerprint density at radius 3 is 2.21 bits per heavy atom. The molecule has 1 aliphatic rings. The van der Waals surface area contributed by atoms with Crippen molar-refractivity contribution in [3.8, 4) is 5.69 Å². The van der Waals surface area contributed by atoms with Gasteiger partial charge in [0.25, 0.3) is 17.4 Å². The zero-order valence-electron chi connectivity index (χ0n) is 18.8. The minimum absolute atomic E-state index is 0.208. The molecular formula is C24H23N5O5. The summed E-state index contributed by atoms with van der Waals surface area (Å²) in [6, 6.07) is 10.3. The Kier molecular flexibility index (Phi) is 5.20. The van der Waals surface area contributed by atoms with E-state index >= 15 is 0 Å². The van der Waals surface area contributed by atoms with Gasteiger partial charge in [0, 0.05) is 39.4 Å². The molecule has 3 aromatic heterocycles. The fraction of sp³-hybridized carbons (Fsp3) is 0.250. The van der Waals surface area contributed by atoms with E-state index in [1.165, 1.54) is 6.26 Å². The minimum Gasteiger partial charge on any atom is -0.459 e. The van der Waals surface area contributed by atoms with E-state index in [1.54, 1.807) is 51.9 Å². The quantitative estimate of drug-likeness (QED) is 0.497. The maximum Gasteiger partial charge on any atom is 0.333 e. The predicted molar refractivity (Wildman–Crippen MR) is 124 cm³/mol. The van der Waals surface area contributed by atoms with Crippen molar-refractivity contribution in [2.75, 3.05) is 26.2 Å². The van der Waals surface area contributed by atoms with Crippen LogP contribution < -0.4 is 11.2 Å².